The van der Waals surface area contributed by atoms with Crippen LogP contribution in [-0.2, 0) is 17.9 Å². The van der Waals surface area contributed by atoms with Gasteiger partial charge in [0.05, 0.1) is 6.61 Å². The minimum absolute atomic E-state index is 0.0185. The number of halogens is 4. The third kappa shape index (κ3) is 4.15. The molecule has 0 aliphatic rings. The second-order valence-electron chi connectivity index (χ2n) is 4.59. The summed E-state index contributed by atoms with van der Waals surface area (Å²) in [5.41, 5.74) is 6.28. The normalized spacial score (nSPS) is 12.2. The van der Waals surface area contributed by atoms with Crippen molar-refractivity contribution >= 4 is 21.4 Å². The molecule has 21 heavy (non-hydrogen) atoms. The summed E-state index contributed by atoms with van der Waals surface area (Å²) < 4.78 is 56.0. The highest BCUT2D eigenvalue weighted by Gasteiger charge is 2.26. The van der Waals surface area contributed by atoms with Crippen LogP contribution in [0.3, 0.4) is 0 Å². The molecule has 0 fully saturated rings. The van der Waals surface area contributed by atoms with Crippen LogP contribution < -0.4 is 5.73 Å². The topological polar surface area (TPSA) is 35.2 Å². The Kier molecular flexibility index (Phi) is 5.18. The first-order chi connectivity index (χ1) is 9.92. The van der Waals surface area contributed by atoms with Gasteiger partial charge in [0, 0.05) is 40.1 Å². The van der Waals surface area contributed by atoms with Crippen molar-refractivity contribution < 1.29 is 22.3 Å². The molecule has 0 aliphatic heterocycles. The quantitative estimate of drug-likeness (QED) is 0.634. The Morgan fingerprint density at radius 3 is 2.67 bits per heavy atom. The molecule has 0 spiro atoms. The number of hydrogen-bond acceptors (Lipinski definition) is 3. The maximum absolute atomic E-state index is 13.9. The van der Waals surface area contributed by atoms with Crippen LogP contribution in [0.15, 0.2) is 18.2 Å². The van der Waals surface area contributed by atoms with Crippen molar-refractivity contribution in [1.29, 1.82) is 0 Å². The average Bonchev–Trinajstić information content (AvgIpc) is 2.76. The van der Waals surface area contributed by atoms with Gasteiger partial charge in [0.1, 0.15) is 5.82 Å². The predicted octanol–water partition coefficient (Wildman–Crippen LogP) is 4.36. The van der Waals surface area contributed by atoms with E-state index in [1.165, 1.54) is 17.4 Å². The van der Waals surface area contributed by atoms with Gasteiger partial charge in [0.15, 0.2) is 0 Å². The van der Waals surface area contributed by atoms with E-state index in [4.69, 9.17) is 10.5 Å². The number of ether oxygens (including phenoxy) is 1. The second kappa shape index (κ2) is 6.72. The summed E-state index contributed by atoms with van der Waals surface area (Å²) in [5, 5.41) is 0.457. The molecule has 0 bridgehead atoms. The van der Waals surface area contributed by atoms with Crippen molar-refractivity contribution in [3.8, 4) is 0 Å². The first kappa shape index (κ1) is 16.2. The van der Waals surface area contributed by atoms with E-state index in [-0.39, 0.29) is 32.0 Å². The molecule has 0 radical (unpaired) electrons. The van der Waals surface area contributed by atoms with E-state index >= 15 is 0 Å². The number of rotatable bonds is 6. The second-order valence-corrected chi connectivity index (χ2v) is 5.73. The highest BCUT2D eigenvalue weighted by molar-refractivity contribution is 7.19. The zero-order chi connectivity index (χ0) is 15.5. The fraction of sp³-hybridized carbons (Fsp3) is 0.429. The van der Waals surface area contributed by atoms with Crippen LogP contribution in [0.5, 0.6) is 0 Å². The van der Waals surface area contributed by atoms with Crippen molar-refractivity contribution in [2.24, 2.45) is 5.73 Å². The minimum atomic E-state index is -4.17. The van der Waals surface area contributed by atoms with Gasteiger partial charge < -0.3 is 10.5 Å². The highest BCUT2D eigenvalue weighted by atomic mass is 32.1. The third-order valence-corrected chi connectivity index (χ3v) is 4.25. The molecule has 7 heteroatoms. The summed E-state index contributed by atoms with van der Waals surface area (Å²) in [6, 6.07) is 4.75. The van der Waals surface area contributed by atoms with Crippen molar-refractivity contribution in [2.45, 2.75) is 32.2 Å². The summed E-state index contributed by atoms with van der Waals surface area (Å²) in [6.45, 7) is 0.306. The summed E-state index contributed by atoms with van der Waals surface area (Å²) >= 11 is 1.38. The lowest BCUT2D eigenvalue weighted by Gasteiger charge is -2.08. The van der Waals surface area contributed by atoms with Gasteiger partial charge in [-0.3, -0.25) is 0 Å². The van der Waals surface area contributed by atoms with Gasteiger partial charge in [0.25, 0.3) is 0 Å². The van der Waals surface area contributed by atoms with Crippen molar-refractivity contribution in [2.75, 3.05) is 6.61 Å². The molecule has 1 aromatic carbocycles. The van der Waals surface area contributed by atoms with Gasteiger partial charge in [-0.2, -0.15) is 13.2 Å². The van der Waals surface area contributed by atoms with Gasteiger partial charge in [0.2, 0.25) is 0 Å². The first-order valence-corrected chi connectivity index (χ1v) is 7.27. The van der Waals surface area contributed by atoms with Crippen LogP contribution in [0.4, 0.5) is 17.6 Å². The Balaban J connectivity index is 2.04. The standard InChI is InChI=1S/C14H15F4NOS/c15-10-3-1-4-11-13(10)9(12(7-19)21-11)8-20-6-2-5-14(16,17)18/h1,3-4H,2,5-8,19H2. The molecule has 116 valence electrons. The van der Waals surface area contributed by atoms with Gasteiger partial charge in [-0.05, 0) is 18.6 Å². The number of alkyl halides is 3. The molecule has 0 atom stereocenters. The molecule has 0 amide bonds. The smallest absolute Gasteiger partial charge is 0.377 e. The third-order valence-electron chi connectivity index (χ3n) is 3.03. The number of hydrogen-bond donors (Lipinski definition) is 1. The maximum atomic E-state index is 13.9. The van der Waals surface area contributed by atoms with E-state index < -0.39 is 12.6 Å². The van der Waals surface area contributed by atoms with Gasteiger partial charge >= 0.3 is 6.18 Å². The average molecular weight is 321 g/mol. The Morgan fingerprint density at radius 2 is 2.00 bits per heavy atom. The zero-order valence-electron chi connectivity index (χ0n) is 11.2. The lowest BCUT2D eigenvalue weighted by molar-refractivity contribution is -0.138. The first-order valence-electron chi connectivity index (χ1n) is 6.45. The summed E-state index contributed by atoms with van der Waals surface area (Å²) in [5.74, 6) is -0.364. The highest BCUT2D eigenvalue weighted by Crippen LogP contribution is 2.33. The summed E-state index contributed by atoms with van der Waals surface area (Å²) in [4.78, 5) is 0.797. The van der Waals surface area contributed by atoms with E-state index in [9.17, 15) is 17.6 Å². The van der Waals surface area contributed by atoms with Crippen molar-refractivity contribution in [3.63, 3.8) is 0 Å². The Hall–Kier alpha value is -1.18. The van der Waals surface area contributed by atoms with Crippen LogP contribution in [0.2, 0.25) is 0 Å². The van der Waals surface area contributed by atoms with Crippen LogP contribution in [0.1, 0.15) is 23.3 Å². The minimum Gasteiger partial charge on any atom is -0.377 e. The summed E-state index contributed by atoms with van der Waals surface area (Å²) in [6.07, 6.45) is -5.16. The SMILES string of the molecule is NCc1sc2cccc(F)c2c1COCCCC(F)(F)F. The Labute approximate surface area is 123 Å². The lowest BCUT2D eigenvalue weighted by Crippen LogP contribution is -2.09. The molecule has 1 heterocycles. The Morgan fingerprint density at radius 1 is 1.24 bits per heavy atom. The molecule has 0 saturated heterocycles. The van der Waals surface area contributed by atoms with E-state index in [0.29, 0.717) is 10.9 Å². The fourth-order valence-electron chi connectivity index (χ4n) is 2.08. The van der Waals surface area contributed by atoms with Gasteiger partial charge in [-0.15, -0.1) is 11.3 Å². The van der Waals surface area contributed by atoms with E-state index in [2.05, 4.69) is 0 Å². The number of nitrogens with two attached hydrogens (primary N) is 1. The van der Waals surface area contributed by atoms with E-state index in [0.717, 1.165) is 9.58 Å². The lowest BCUT2D eigenvalue weighted by atomic mass is 10.1. The predicted molar refractivity (Wildman–Crippen MR) is 74.6 cm³/mol. The van der Waals surface area contributed by atoms with Gasteiger partial charge in [-0.1, -0.05) is 6.07 Å². The molecule has 2 N–H and O–H groups in total. The molecule has 1 aromatic heterocycles. The number of benzene rings is 1. The molecule has 0 unspecified atom stereocenters. The molecular formula is C14H15F4NOS. The van der Waals surface area contributed by atoms with Gasteiger partial charge in [-0.25, -0.2) is 4.39 Å². The van der Waals surface area contributed by atoms with Crippen LogP contribution in [-0.4, -0.2) is 12.8 Å². The number of thiophene rings is 1. The van der Waals surface area contributed by atoms with Crippen LogP contribution >= 0.6 is 11.3 Å². The molecule has 2 nitrogen and oxygen atoms in total. The van der Waals surface area contributed by atoms with Crippen LogP contribution in [0.25, 0.3) is 10.1 Å². The van der Waals surface area contributed by atoms with Crippen molar-refractivity contribution in [3.05, 3.63) is 34.5 Å². The molecule has 2 rings (SSSR count). The molecule has 2 aromatic rings. The maximum Gasteiger partial charge on any atom is 0.389 e. The van der Waals surface area contributed by atoms with Crippen LogP contribution in [0, 0.1) is 5.82 Å². The Bertz CT molecular complexity index is 609. The number of fused-ring (bicyclic) bond motifs is 1. The molecular weight excluding hydrogens is 306 g/mol. The van der Waals surface area contributed by atoms with E-state index in [1.807, 2.05) is 0 Å². The molecule has 0 aliphatic carbocycles. The fourth-order valence-corrected chi connectivity index (χ4v) is 3.18. The largest absolute Gasteiger partial charge is 0.389 e. The molecule has 0 saturated carbocycles. The van der Waals surface area contributed by atoms with E-state index in [1.54, 1.807) is 12.1 Å². The van der Waals surface area contributed by atoms with Crippen molar-refractivity contribution in [1.82, 2.24) is 0 Å². The zero-order valence-corrected chi connectivity index (χ0v) is 12.0. The summed E-state index contributed by atoms with van der Waals surface area (Å²) in [7, 11) is 0. The monoisotopic (exact) mass is 321 g/mol.